The average molecular weight is 343 g/mol. The number of nitrogens with one attached hydrogen (secondary N) is 1. The number of halogens is 1. The third-order valence-electron chi connectivity index (χ3n) is 3.91. The van der Waals surface area contributed by atoms with Gasteiger partial charge in [-0.05, 0) is 30.9 Å². The molecule has 2 atom stereocenters. The van der Waals surface area contributed by atoms with Crippen molar-refractivity contribution in [3.63, 3.8) is 0 Å². The molecule has 1 aliphatic heterocycles. The van der Waals surface area contributed by atoms with E-state index in [0.717, 1.165) is 36.9 Å². The van der Waals surface area contributed by atoms with Gasteiger partial charge in [-0.3, -0.25) is 9.69 Å². The molecule has 1 aromatic rings. The number of hydrogen-bond acceptors (Lipinski definition) is 4. The van der Waals surface area contributed by atoms with Crippen molar-refractivity contribution in [2.45, 2.75) is 18.2 Å². The number of hydrogen-bond donors (Lipinski definition) is 1. The first-order chi connectivity index (χ1) is 10.6. The molecule has 2 rings (SSSR count). The van der Waals surface area contributed by atoms with Gasteiger partial charge in [-0.15, -0.1) is 0 Å². The predicted octanol–water partition coefficient (Wildman–Crippen LogP) is 2.58. The number of ether oxygens (including phenoxy) is 1. The van der Waals surface area contributed by atoms with Crippen molar-refractivity contribution in [2.24, 2.45) is 0 Å². The van der Waals surface area contributed by atoms with Gasteiger partial charge in [-0.1, -0.05) is 23.7 Å². The number of carbonyl (C=O) groups excluding carboxylic acids is 1. The van der Waals surface area contributed by atoms with E-state index in [1.54, 1.807) is 11.8 Å². The van der Waals surface area contributed by atoms with Crippen molar-refractivity contribution in [3.8, 4) is 0 Å². The molecule has 0 bridgehead atoms. The molecule has 1 aliphatic rings. The van der Waals surface area contributed by atoms with Crippen molar-refractivity contribution in [3.05, 3.63) is 34.9 Å². The van der Waals surface area contributed by atoms with Crippen LogP contribution in [-0.4, -0.2) is 55.2 Å². The van der Waals surface area contributed by atoms with Crippen LogP contribution in [0.3, 0.4) is 0 Å². The topological polar surface area (TPSA) is 41.6 Å². The lowest BCUT2D eigenvalue weighted by atomic mass is 10.0. The van der Waals surface area contributed by atoms with Gasteiger partial charge in [0.15, 0.2) is 0 Å². The number of morpholine rings is 1. The van der Waals surface area contributed by atoms with Crippen LogP contribution in [0, 0.1) is 0 Å². The minimum atomic E-state index is -0.0373. The predicted molar refractivity (Wildman–Crippen MR) is 92.6 cm³/mol. The molecule has 6 heteroatoms. The Labute approximate surface area is 141 Å². The summed E-state index contributed by atoms with van der Waals surface area (Å²) >= 11 is 7.68. The number of rotatable bonds is 6. The van der Waals surface area contributed by atoms with Gasteiger partial charge < -0.3 is 10.1 Å². The maximum Gasteiger partial charge on any atom is 0.232 e. The van der Waals surface area contributed by atoms with Gasteiger partial charge in [0.2, 0.25) is 5.91 Å². The summed E-state index contributed by atoms with van der Waals surface area (Å²) in [5.74, 6) is 0.0767. The van der Waals surface area contributed by atoms with Crippen molar-refractivity contribution >= 4 is 29.3 Å². The molecule has 1 amide bonds. The summed E-state index contributed by atoms with van der Waals surface area (Å²) in [6.07, 6.45) is 1.95. The molecule has 0 aliphatic carbocycles. The molecule has 122 valence electrons. The van der Waals surface area contributed by atoms with Gasteiger partial charge in [0.05, 0.1) is 24.5 Å². The van der Waals surface area contributed by atoms with Gasteiger partial charge in [0.1, 0.15) is 0 Å². The quantitative estimate of drug-likeness (QED) is 0.862. The van der Waals surface area contributed by atoms with Crippen LogP contribution in [0.1, 0.15) is 18.5 Å². The molecular weight excluding hydrogens is 320 g/mol. The summed E-state index contributed by atoms with van der Waals surface area (Å²) in [5, 5.41) is 3.75. The molecule has 1 aromatic carbocycles. The third-order valence-corrected chi connectivity index (χ3v) is 5.07. The van der Waals surface area contributed by atoms with Crippen LogP contribution in [0.5, 0.6) is 0 Å². The number of carbonyl (C=O) groups is 1. The molecule has 1 fully saturated rings. The molecule has 1 N–H and O–H groups in total. The third kappa shape index (κ3) is 4.88. The van der Waals surface area contributed by atoms with Gasteiger partial charge in [0.25, 0.3) is 0 Å². The molecular formula is C16H23ClN2O2S. The van der Waals surface area contributed by atoms with Crippen molar-refractivity contribution in [1.82, 2.24) is 10.2 Å². The maximum absolute atomic E-state index is 12.1. The number of benzene rings is 1. The summed E-state index contributed by atoms with van der Waals surface area (Å²) in [6.45, 7) is 5.70. The second kappa shape index (κ2) is 8.77. The minimum Gasteiger partial charge on any atom is -0.379 e. The highest BCUT2D eigenvalue weighted by Crippen LogP contribution is 2.24. The Morgan fingerprint density at radius 3 is 2.82 bits per heavy atom. The first kappa shape index (κ1) is 17.6. The molecule has 22 heavy (non-hydrogen) atoms. The molecule has 4 nitrogen and oxygen atoms in total. The molecule has 0 spiro atoms. The van der Waals surface area contributed by atoms with E-state index in [4.69, 9.17) is 16.3 Å². The van der Waals surface area contributed by atoms with Crippen molar-refractivity contribution < 1.29 is 9.53 Å². The maximum atomic E-state index is 12.1. The van der Waals surface area contributed by atoms with Gasteiger partial charge in [-0.25, -0.2) is 0 Å². The average Bonchev–Trinajstić information content (AvgIpc) is 2.55. The lowest BCUT2D eigenvalue weighted by Gasteiger charge is -2.35. The van der Waals surface area contributed by atoms with Crippen molar-refractivity contribution in [1.29, 1.82) is 0 Å². The highest BCUT2D eigenvalue weighted by molar-refractivity contribution is 7.99. The van der Waals surface area contributed by atoms with E-state index in [1.165, 1.54) is 0 Å². The molecule has 0 saturated carbocycles. The summed E-state index contributed by atoms with van der Waals surface area (Å²) < 4.78 is 5.43. The number of thioether (sulfide) groups is 1. The Kier molecular flexibility index (Phi) is 7.02. The molecule has 1 heterocycles. The smallest absolute Gasteiger partial charge is 0.232 e. The Morgan fingerprint density at radius 1 is 1.45 bits per heavy atom. The van der Waals surface area contributed by atoms with E-state index in [0.29, 0.717) is 6.54 Å². The normalized spacial score (nSPS) is 18.7. The van der Waals surface area contributed by atoms with Gasteiger partial charge in [-0.2, -0.15) is 11.8 Å². The van der Waals surface area contributed by atoms with Gasteiger partial charge >= 0.3 is 0 Å². The summed E-state index contributed by atoms with van der Waals surface area (Å²) in [7, 11) is 0. The Hall–Kier alpha value is -0.750. The first-order valence-electron chi connectivity index (χ1n) is 7.49. The van der Waals surface area contributed by atoms with Crippen LogP contribution in [0.2, 0.25) is 5.02 Å². The van der Waals surface area contributed by atoms with Crippen LogP contribution in [-0.2, 0) is 9.53 Å². The standard InChI is InChI=1S/C16H23ClN2O2S/c1-12(22-2)16(20)18-11-15(19-6-8-21-9-7-19)13-4-3-5-14(17)10-13/h3-5,10,12,15H,6-9,11H2,1-2H3,(H,18,20)/t12-,15-/m0/s1. The van der Waals surface area contributed by atoms with Crippen molar-refractivity contribution in [2.75, 3.05) is 39.1 Å². The number of amides is 1. The minimum absolute atomic E-state index is 0.0373. The SMILES string of the molecule is CS[C@@H](C)C(=O)NC[C@@H](c1cccc(Cl)c1)N1CCOCC1. The second-order valence-electron chi connectivity index (χ2n) is 5.34. The lowest BCUT2D eigenvalue weighted by Crippen LogP contribution is -2.44. The van der Waals surface area contributed by atoms with Gasteiger partial charge in [0, 0.05) is 24.7 Å². The number of nitrogens with zero attached hydrogens (tertiary/aromatic N) is 1. The monoisotopic (exact) mass is 342 g/mol. The van der Waals surface area contributed by atoms with E-state index in [-0.39, 0.29) is 17.2 Å². The van der Waals surface area contributed by atoms with Crippen LogP contribution < -0.4 is 5.32 Å². The van der Waals surface area contributed by atoms with E-state index < -0.39 is 0 Å². The largest absolute Gasteiger partial charge is 0.379 e. The highest BCUT2D eigenvalue weighted by Gasteiger charge is 2.24. The van der Waals surface area contributed by atoms with Crippen LogP contribution >= 0.6 is 23.4 Å². The second-order valence-corrected chi connectivity index (χ2v) is 6.96. The zero-order valence-electron chi connectivity index (χ0n) is 13.0. The zero-order valence-corrected chi connectivity index (χ0v) is 14.6. The zero-order chi connectivity index (χ0) is 15.9. The fraction of sp³-hybridized carbons (Fsp3) is 0.562. The molecule has 0 unspecified atom stereocenters. The Balaban J connectivity index is 2.09. The fourth-order valence-electron chi connectivity index (χ4n) is 2.51. The Morgan fingerprint density at radius 2 is 2.18 bits per heavy atom. The Bertz CT molecular complexity index is 495. The molecule has 1 saturated heterocycles. The van der Waals surface area contributed by atoms with E-state index in [9.17, 15) is 4.79 Å². The summed E-state index contributed by atoms with van der Waals surface area (Å²) in [4.78, 5) is 14.4. The van der Waals surface area contributed by atoms with E-state index >= 15 is 0 Å². The highest BCUT2D eigenvalue weighted by atomic mass is 35.5. The lowest BCUT2D eigenvalue weighted by molar-refractivity contribution is -0.120. The van der Waals surface area contributed by atoms with E-state index in [1.807, 2.05) is 31.4 Å². The summed E-state index contributed by atoms with van der Waals surface area (Å²) in [6, 6.07) is 8.00. The first-order valence-corrected chi connectivity index (χ1v) is 9.16. The van der Waals surface area contributed by atoms with Crippen LogP contribution in [0.4, 0.5) is 0 Å². The van der Waals surface area contributed by atoms with Crippen LogP contribution in [0.15, 0.2) is 24.3 Å². The van der Waals surface area contributed by atoms with E-state index in [2.05, 4.69) is 16.3 Å². The molecule has 0 radical (unpaired) electrons. The summed E-state index contributed by atoms with van der Waals surface area (Å²) in [5.41, 5.74) is 1.13. The molecule has 0 aromatic heterocycles. The fourth-order valence-corrected chi connectivity index (χ4v) is 3.00. The van der Waals surface area contributed by atoms with Crippen LogP contribution in [0.25, 0.3) is 0 Å².